The summed E-state index contributed by atoms with van der Waals surface area (Å²) in [5, 5.41) is 13.4. The first-order chi connectivity index (χ1) is 16.1. The molecule has 0 aliphatic heterocycles. The minimum Gasteiger partial charge on any atom is -0.379 e. The Kier molecular flexibility index (Phi) is 19.0. The zero-order valence-electron chi connectivity index (χ0n) is 19.6. The minimum absolute atomic E-state index is 0.0376. The lowest BCUT2D eigenvalue weighted by atomic mass is 10.4. The van der Waals surface area contributed by atoms with Crippen LogP contribution >= 0.6 is 21.6 Å². The van der Waals surface area contributed by atoms with E-state index in [0.717, 1.165) is 11.4 Å². The molecule has 33 heavy (non-hydrogen) atoms. The molecule has 0 unspecified atom stereocenters. The second kappa shape index (κ2) is 21.2. The number of hydrogen-bond acceptors (Lipinski definition) is 10. The van der Waals surface area contributed by atoms with Gasteiger partial charge >= 0.3 is 0 Å². The van der Waals surface area contributed by atoms with E-state index in [-0.39, 0.29) is 18.2 Å². The Labute approximate surface area is 203 Å². The quantitative estimate of drug-likeness (QED) is 0.171. The van der Waals surface area contributed by atoms with Gasteiger partial charge < -0.3 is 29.6 Å². The summed E-state index contributed by atoms with van der Waals surface area (Å²) in [5.74, 6) is 0.764. The van der Waals surface area contributed by atoms with Crippen molar-refractivity contribution < 1.29 is 28.5 Å². The Hall–Kier alpha value is -1.38. The number of nitrogens with zero attached hydrogens (tertiary/aromatic N) is 3. The molecule has 1 aromatic rings. The molecule has 0 saturated heterocycles. The maximum Gasteiger partial charge on any atom is 0.222 e. The van der Waals surface area contributed by atoms with Crippen LogP contribution in [-0.4, -0.2) is 105 Å². The van der Waals surface area contributed by atoms with E-state index in [2.05, 4.69) is 20.9 Å². The molecule has 1 aromatic heterocycles. The Balaban J connectivity index is 1.76. The number of carbonyl (C=O) groups is 2. The van der Waals surface area contributed by atoms with Gasteiger partial charge in [0.05, 0.1) is 65.1 Å². The standard InChI is InChI=1S/C20H37N5O6S2/c1-18-17-25(24-23-18)7-11-31-15-14-30-9-5-21-19(26)3-8-28-12-13-29-10-6-22-20(27)4-16-33-32-2/h17H,3-16H2,1-2H3,(H,21,26)(H,22,27). The van der Waals surface area contributed by atoms with Gasteiger partial charge in [0.1, 0.15) is 0 Å². The molecular weight excluding hydrogens is 470 g/mol. The number of nitrogens with one attached hydrogen (secondary N) is 2. The molecule has 13 heteroatoms. The zero-order valence-corrected chi connectivity index (χ0v) is 21.2. The number of amides is 2. The van der Waals surface area contributed by atoms with Crippen LogP contribution in [0.25, 0.3) is 0 Å². The van der Waals surface area contributed by atoms with Crippen LogP contribution in [-0.2, 0) is 35.1 Å². The molecule has 1 rings (SSSR count). The summed E-state index contributed by atoms with van der Waals surface area (Å²) >= 11 is 0. The maximum absolute atomic E-state index is 11.7. The average molecular weight is 508 g/mol. The summed E-state index contributed by atoms with van der Waals surface area (Å²) in [6.07, 6.45) is 4.66. The van der Waals surface area contributed by atoms with E-state index in [1.54, 1.807) is 26.3 Å². The van der Waals surface area contributed by atoms with Crippen LogP contribution in [0.3, 0.4) is 0 Å². The lowest BCUT2D eigenvalue weighted by Crippen LogP contribution is -2.29. The minimum atomic E-state index is -0.0822. The molecule has 0 bridgehead atoms. The van der Waals surface area contributed by atoms with Crippen molar-refractivity contribution in [1.29, 1.82) is 0 Å². The summed E-state index contributed by atoms with van der Waals surface area (Å²) in [6.45, 7) is 7.02. The average Bonchev–Trinajstić information content (AvgIpc) is 3.22. The normalized spacial score (nSPS) is 11.0. The molecule has 0 radical (unpaired) electrons. The van der Waals surface area contributed by atoms with Gasteiger partial charge in [0, 0.05) is 37.9 Å². The van der Waals surface area contributed by atoms with E-state index in [4.69, 9.17) is 18.9 Å². The van der Waals surface area contributed by atoms with Crippen LogP contribution in [0.1, 0.15) is 18.5 Å². The summed E-state index contributed by atoms with van der Waals surface area (Å²) in [6, 6.07) is 0. The highest BCUT2D eigenvalue weighted by molar-refractivity contribution is 8.76. The van der Waals surface area contributed by atoms with Crippen molar-refractivity contribution in [3.63, 3.8) is 0 Å². The molecule has 1 heterocycles. The van der Waals surface area contributed by atoms with Crippen LogP contribution in [0, 0.1) is 6.92 Å². The van der Waals surface area contributed by atoms with Crippen molar-refractivity contribution in [2.75, 3.05) is 78.0 Å². The van der Waals surface area contributed by atoms with Crippen molar-refractivity contribution in [2.24, 2.45) is 0 Å². The predicted molar refractivity (Wildman–Crippen MR) is 129 cm³/mol. The smallest absolute Gasteiger partial charge is 0.222 e. The number of rotatable bonds is 22. The Morgan fingerprint density at radius 2 is 1.45 bits per heavy atom. The second-order valence-corrected chi connectivity index (χ2v) is 9.45. The van der Waals surface area contributed by atoms with E-state index in [9.17, 15) is 9.59 Å². The van der Waals surface area contributed by atoms with E-state index < -0.39 is 0 Å². The first-order valence-corrected chi connectivity index (χ1v) is 13.7. The van der Waals surface area contributed by atoms with Gasteiger partial charge in [-0.1, -0.05) is 26.8 Å². The fourth-order valence-electron chi connectivity index (χ4n) is 2.39. The first-order valence-electron chi connectivity index (χ1n) is 11.0. The fourth-order valence-corrected chi connectivity index (χ4v) is 3.58. The Morgan fingerprint density at radius 1 is 0.879 bits per heavy atom. The molecule has 2 N–H and O–H groups in total. The highest BCUT2D eigenvalue weighted by Gasteiger charge is 2.02. The number of hydrogen-bond donors (Lipinski definition) is 2. The monoisotopic (exact) mass is 507 g/mol. The topological polar surface area (TPSA) is 126 Å². The number of aromatic nitrogens is 3. The number of aryl methyl sites for hydroxylation is 1. The van der Waals surface area contributed by atoms with Crippen LogP contribution in [0.5, 0.6) is 0 Å². The highest BCUT2D eigenvalue weighted by atomic mass is 33.1. The maximum atomic E-state index is 11.7. The zero-order chi connectivity index (χ0) is 24.0. The third-order valence-corrected chi connectivity index (χ3v) is 5.82. The van der Waals surface area contributed by atoms with Crippen molar-refractivity contribution >= 4 is 33.4 Å². The van der Waals surface area contributed by atoms with Crippen molar-refractivity contribution in [2.45, 2.75) is 26.3 Å². The number of ether oxygens (including phenoxy) is 4. The third kappa shape index (κ3) is 18.7. The molecule has 190 valence electrons. The third-order valence-electron chi connectivity index (χ3n) is 4.00. The van der Waals surface area contributed by atoms with Gasteiger partial charge in [0.15, 0.2) is 0 Å². The van der Waals surface area contributed by atoms with E-state index in [1.807, 2.05) is 19.4 Å². The molecular formula is C20H37N5O6S2. The summed E-state index contributed by atoms with van der Waals surface area (Å²) in [7, 11) is 3.32. The Morgan fingerprint density at radius 3 is 2.03 bits per heavy atom. The van der Waals surface area contributed by atoms with E-state index >= 15 is 0 Å². The lowest BCUT2D eigenvalue weighted by molar-refractivity contribution is -0.122. The van der Waals surface area contributed by atoms with Crippen LogP contribution in [0.15, 0.2) is 6.20 Å². The largest absolute Gasteiger partial charge is 0.379 e. The van der Waals surface area contributed by atoms with Crippen molar-refractivity contribution in [3.8, 4) is 0 Å². The molecule has 0 spiro atoms. The lowest BCUT2D eigenvalue weighted by Gasteiger charge is -2.08. The van der Waals surface area contributed by atoms with Gasteiger partial charge in [0.2, 0.25) is 11.8 Å². The van der Waals surface area contributed by atoms with Crippen molar-refractivity contribution in [3.05, 3.63) is 11.9 Å². The van der Waals surface area contributed by atoms with E-state index in [0.29, 0.717) is 78.9 Å². The molecule has 0 saturated carbocycles. The summed E-state index contributed by atoms with van der Waals surface area (Å²) in [4.78, 5) is 23.2. The second-order valence-electron chi connectivity index (χ2n) is 6.76. The summed E-state index contributed by atoms with van der Waals surface area (Å²) in [5.41, 5.74) is 0.881. The van der Waals surface area contributed by atoms with Gasteiger partial charge in [-0.2, -0.15) is 0 Å². The van der Waals surface area contributed by atoms with E-state index in [1.165, 1.54) is 0 Å². The molecule has 0 fully saturated rings. The van der Waals surface area contributed by atoms with Gasteiger partial charge in [-0.3, -0.25) is 9.59 Å². The molecule has 11 nitrogen and oxygen atoms in total. The van der Waals surface area contributed by atoms with Gasteiger partial charge in [0.25, 0.3) is 0 Å². The fraction of sp³-hybridized carbons (Fsp3) is 0.800. The first kappa shape index (κ1) is 29.7. The van der Waals surface area contributed by atoms with Crippen molar-refractivity contribution in [1.82, 2.24) is 25.6 Å². The predicted octanol–water partition coefficient (Wildman–Crippen LogP) is 0.677. The van der Waals surface area contributed by atoms with Crippen LogP contribution in [0.2, 0.25) is 0 Å². The molecule has 0 atom stereocenters. The van der Waals surface area contributed by atoms with Crippen LogP contribution in [0.4, 0.5) is 0 Å². The highest BCUT2D eigenvalue weighted by Crippen LogP contribution is 2.16. The SMILES string of the molecule is CSSCCC(=O)NCCOCCOCCC(=O)NCCOCCOCCn1cc(C)nn1. The Bertz CT molecular complexity index is 638. The molecule has 0 aliphatic carbocycles. The molecule has 0 aromatic carbocycles. The molecule has 0 aliphatic rings. The molecule has 2 amide bonds. The number of carbonyl (C=O) groups excluding carboxylic acids is 2. The van der Waals surface area contributed by atoms with Gasteiger partial charge in [-0.05, 0) is 13.2 Å². The van der Waals surface area contributed by atoms with Gasteiger partial charge in [-0.15, -0.1) is 5.10 Å². The van der Waals surface area contributed by atoms with Crippen LogP contribution < -0.4 is 10.6 Å². The summed E-state index contributed by atoms with van der Waals surface area (Å²) < 4.78 is 23.4. The van der Waals surface area contributed by atoms with Gasteiger partial charge in [-0.25, -0.2) is 4.68 Å².